The van der Waals surface area contributed by atoms with Gasteiger partial charge in [0.2, 0.25) is 0 Å². The average Bonchev–Trinajstić information content (AvgIpc) is 3.49. The molecule has 2 aromatic heterocycles. The molecule has 1 aromatic carbocycles. The quantitative estimate of drug-likeness (QED) is 0.220. The molecule has 220 valence electrons. The molecule has 0 saturated carbocycles. The topological polar surface area (TPSA) is 123 Å². The summed E-state index contributed by atoms with van der Waals surface area (Å²) in [7, 11) is 0. The van der Waals surface area contributed by atoms with Crippen LogP contribution in [0.15, 0.2) is 54.9 Å². The van der Waals surface area contributed by atoms with Gasteiger partial charge in [0.25, 0.3) is 0 Å². The molecule has 41 heavy (non-hydrogen) atoms. The fourth-order valence-corrected chi connectivity index (χ4v) is 5.67. The van der Waals surface area contributed by atoms with Gasteiger partial charge < -0.3 is 30.8 Å². The van der Waals surface area contributed by atoms with Gasteiger partial charge >= 0.3 is 0 Å². The number of aryl methyl sites for hydroxylation is 1. The number of aliphatic hydroxyl groups is 2. The fraction of sp³-hybridized carbons (Fsp3) is 0.500. The standard InChI is InChI=1S/C34H44N3O4/c1-2-24-7-3-4-11-30(38)29(10-5-8-24)31(39)14-12-25-13-15-32(40)33(21-25)41-20-17-27(22-28-9-6-18-36-28)26-16-19-37-34(35)23-26/h6,9,13,15-16,18-19,21,23-24,27,29-31,38-40H,2-4,7,10-12,14,17,20,22H2,1H3,(H2,35,37)/q-1/t24-,27-,29+,30+,31-/m1/s1. The van der Waals surface area contributed by atoms with E-state index in [1.54, 1.807) is 18.5 Å². The number of phenolic OH excluding ortho intramolecular Hbond substituents is 1. The first-order chi connectivity index (χ1) is 19.9. The molecular formula is C34H44N3O4-. The van der Waals surface area contributed by atoms with E-state index in [9.17, 15) is 15.3 Å². The normalized spacial score (nSPS) is 20.9. The smallest absolute Gasteiger partial charge is 0.161 e. The van der Waals surface area contributed by atoms with Crippen molar-refractivity contribution in [2.75, 3.05) is 12.3 Å². The van der Waals surface area contributed by atoms with E-state index in [4.69, 9.17) is 10.5 Å². The maximum absolute atomic E-state index is 11.0. The highest BCUT2D eigenvalue weighted by Crippen LogP contribution is 2.31. The van der Waals surface area contributed by atoms with Crippen LogP contribution in [-0.2, 0) is 12.8 Å². The van der Waals surface area contributed by atoms with Crippen LogP contribution in [0.1, 0.15) is 81.0 Å². The minimum absolute atomic E-state index is 0.0835. The summed E-state index contributed by atoms with van der Waals surface area (Å²) in [6.45, 7) is 2.57. The number of aliphatic hydroxyl groups excluding tert-OH is 2. The number of pyridine rings is 1. The predicted octanol–water partition coefficient (Wildman–Crippen LogP) is 5.39. The Labute approximate surface area is 244 Å². The van der Waals surface area contributed by atoms with Crippen LogP contribution >= 0.6 is 0 Å². The van der Waals surface area contributed by atoms with E-state index in [0.717, 1.165) is 48.9 Å². The molecule has 1 aliphatic carbocycles. The van der Waals surface area contributed by atoms with Gasteiger partial charge in [-0.15, -0.1) is 5.92 Å². The highest BCUT2D eigenvalue weighted by molar-refractivity contribution is 5.42. The van der Waals surface area contributed by atoms with Crippen molar-refractivity contribution in [1.82, 2.24) is 9.97 Å². The van der Waals surface area contributed by atoms with Crippen LogP contribution in [0.4, 0.5) is 5.82 Å². The molecule has 7 nitrogen and oxygen atoms in total. The van der Waals surface area contributed by atoms with E-state index in [1.165, 1.54) is 0 Å². The maximum atomic E-state index is 11.0. The summed E-state index contributed by atoms with van der Waals surface area (Å²) in [5.74, 6) is 7.87. The van der Waals surface area contributed by atoms with Crippen molar-refractivity contribution in [2.24, 2.45) is 11.8 Å². The van der Waals surface area contributed by atoms with Gasteiger partial charge in [0.1, 0.15) is 5.82 Å². The second-order valence-electron chi connectivity index (χ2n) is 11.2. The summed E-state index contributed by atoms with van der Waals surface area (Å²) in [5.41, 5.74) is 8.98. The van der Waals surface area contributed by atoms with Crippen LogP contribution in [0.3, 0.4) is 0 Å². The zero-order chi connectivity index (χ0) is 29.0. The van der Waals surface area contributed by atoms with Crippen molar-refractivity contribution >= 4 is 5.82 Å². The minimum Gasteiger partial charge on any atom is -0.668 e. The number of rotatable bonds is 12. The lowest BCUT2D eigenvalue weighted by Crippen LogP contribution is -2.32. The monoisotopic (exact) mass is 558 g/mol. The maximum Gasteiger partial charge on any atom is 0.161 e. The highest BCUT2D eigenvalue weighted by atomic mass is 16.5. The molecule has 0 unspecified atom stereocenters. The van der Waals surface area contributed by atoms with Gasteiger partial charge in [-0.1, -0.05) is 43.9 Å². The molecule has 0 aliphatic heterocycles. The van der Waals surface area contributed by atoms with Crippen molar-refractivity contribution in [3.8, 4) is 23.3 Å². The molecule has 5 atom stereocenters. The summed E-state index contributed by atoms with van der Waals surface area (Å²) >= 11 is 0. The van der Waals surface area contributed by atoms with Gasteiger partial charge in [-0.05, 0) is 86.3 Å². The van der Waals surface area contributed by atoms with Crippen molar-refractivity contribution in [1.29, 1.82) is 0 Å². The van der Waals surface area contributed by atoms with Gasteiger partial charge in [0, 0.05) is 24.5 Å². The van der Waals surface area contributed by atoms with E-state index >= 15 is 0 Å². The van der Waals surface area contributed by atoms with Crippen LogP contribution < -0.4 is 15.5 Å². The highest BCUT2D eigenvalue weighted by Gasteiger charge is 2.26. The number of hydrogen-bond donors (Lipinski definition) is 4. The predicted molar refractivity (Wildman–Crippen MR) is 162 cm³/mol. The van der Waals surface area contributed by atoms with Crippen LogP contribution in [0.2, 0.25) is 0 Å². The zero-order valence-corrected chi connectivity index (χ0v) is 24.1. The molecule has 7 heteroatoms. The Morgan fingerprint density at radius 2 is 2.00 bits per heavy atom. The number of nitrogen functional groups attached to an aromatic ring is 1. The number of anilines is 1. The number of nitrogens with zero attached hydrogens (tertiary/aromatic N) is 2. The second kappa shape index (κ2) is 15.5. The van der Waals surface area contributed by atoms with Crippen LogP contribution in [0, 0.1) is 23.7 Å². The van der Waals surface area contributed by atoms with Gasteiger partial charge in [0.15, 0.2) is 11.5 Å². The third kappa shape index (κ3) is 9.27. The SMILES string of the molecule is CC[C@H]1C#CC[C@H]([C@H](O)CCc2ccc(O)c(OCC[C@H](Cc3ccc[n-]3)c3ccnc(N)c3)c2)[C@@H](O)CCCC1. The van der Waals surface area contributed by atoms with Crippen molar-refractivity contribution in [3.05, 3.63) is 71.7 Å². The molecule has 0 spiro atoms. The van der Waals surface area contributed by atoms with E-state index < -0.39 is 12.2 Å². The Hall–Kier alpha value is -3.47. The lowest BCUT2D eigenvalue weighted by Gasteiger charge is -2.27. The Morgan fingerprint density at radius 1 is 1.15 bits per heavy atom. The largest absolute Gasteiger partial charge is 0.668 e. The molecule has 0 saturated heterocycles. The van der Waals surface area contributed by atoms with Gasteiger partial charge in [0.05, 0.1) is 18.8 Å². The van der Waals surface area contributed by atoms with Gasteiger partial charge in [-0.2, -0.15) is 11.9 Å². The molecule has 0 fully saturated rings. The van der Waals surface area contributed by atoms with Crippen molar-refractivity contribution < 1.29 is 20.1 Å². The summed E-state index contributed by atoms with van der Waals surface area (Å²) in [6.07, 6.45) is 10.2. The van der Waals surface area contributed by atoms with Crippen molar-refractivity contribution in [3.63, 3.8) is 0 Å². The summed E-state index contributed by atoms with van der Waals surface area (Å²) < 4.78 is 6.06. The molecule has 1 aliphatic rings. The average molecular weight is 559 g/mol. The third-order valence-electron chi connectivity index (χ3n) is 8.25. The summed E-state index contributed by atoms with van der Waals surface area (Å²) in [4.78, 5) is 8.54. The number of ether oxygens (including phenoxy) is 1. The first kappa shape index (κ1) is 30.5. The zero-order valence-electron chi connectivity index (χ0n) is 24.1. The molecule has 0 radical (unpaired) electrons. The van der Waals surface area contributed by atoms with Crippen LogP contribution in [-0.4, -0.2) is 39.1 Å². The van der Waals surface area contributed by atoms with Crippen LogP contribution in [0.25, 0.3) is 0 Å². The Morgan fingerprint density at radius 3 is 2.78 bits per heavy atom. The van der Waals surface area contributed by atoms with Crippen molar-refractivity contribution in [2.45, 2.75) is 89.3 Å². The van der Waals surface area contributed by atoms with Gasteiger partial charge in [-0.25, -0.2) is 4.98 Å². The first-order valence-corrected chi connectivity index (χ1v) is 15.0. The number of aromatic nitrogens is 2. The lowest BCUT2D eigenvalue weighted by molar-refractivity contribution is 0.00559. The fourth-order valence-electron chi connectivity index (χ4n) is 5.67. The summed E-state index contributed by atoms with van der Waals surface area (Å²) in [6, 6.07) is 13.1. The Balaban J connectivity index is 1.35. The number of aromatic hydroxyl groups is 1. The lowest BCUT2D eigenvalue weighted by atomic mass is 9.85. The number of benzene rings is 1. The minimum atomic E-state index is -0.657. The molecule has 2 heterocycles. The van der Waals surface area contributed by atoms with E-state index in [0.29, 0.717) is 56.2 Å². The number of hydrogen-bond acceptors (Lipinski definition) is 6. The van der Waals surface area contributed by atoms with E-state index in [2.05, 4.69) is 28.7 Å². The first-order valence-electron chi connectivity index (χ1n) is 15.0. The number of phenols is 1. The molecule has 3 aromatic rings. The van der Waals surface area contributed by atoms with E-state index in [-0.39, 0.29) is 17.6 Å². The van der Waals surface area contributed by atoms with Gasteiger partial charge in [-0.3, -0.25) is 0 Å². The summed E-state index contributed by atoms with van der Waals surface area (Å²) in [5, 5.41) is 32.3. The molecule has 4 rings (SSSR count). The molecular weight excluding hydrogens is 514 g/mol. The third-order valence-corrected chi connectivity index (χ3v) is 8.25. The van der Waals surface area contributed by atoms with Crippen LogP contribution in [0.5, 0.6) is 11.5 Å². The molecule has 0 bridgehead atoms. The molecule has 5 N–H and O–H groups in total. The molecule has 0 amide bonds. The number of nitrogens with two attached hydrogens (primary N) is 1. The Bertz CT molecular complexity index is 1270. The second-order valence-corrected chi connectivity index (χ2v) is 11.2. The van der Waals surface area contributed by atoms with E-state index in [1.807, 2.05) is 36.4 Å². The Kier molecular flexibility index (Phi) is 11.5.